The van der Waals surface area contributed by atoms with Gasteiger partial charge >= 0.3 is 0 Å². The maximum absolute atomic E-state index is 2.30. The molecule has 0 saturated heterocycles. The lowest BCUT2D eigenvalue weighted by Crippen LogP contribution is -2.09. The van der Waals surface area contributed by atoms with Crippen molar-refractivity contribution in [1.29, 1.82) is 0 Å². The molecule has 5 rings (SSSR count). The van der Waals surface area contributed by atoms with Gasteiger partial charge in [-0.3, -0.25) is 0 Å². The summed E-state index contributed by atoms with van der Waals surface area (Å²) in [5.41, 5.74) is 9.45. The molecule has 0 N–H and O–H groups in total. The molecule has 2 heteroatoms. The second kappa shape index (κ2) is 9.68. The Kier molecular flexibility index (Phi) is 6.13. The number of nitrogens with zero attached hydrogens (tertiary/aromatic N) is 2. The van der Waals surface area contributed by atoms with Gasteiger partial charge in [0.05, 0.1) is 0 Å². The van der Waals surface area contributed by atoms with Gasteiger partial charge in [0, 0.05) is 35.5 Å². The van der Waals surface area contributed by atoms with Crippen LogP contribution in [0.15, 0.2) is 133 Å². The van der Waals surface area contributed by atoms with Crippen LogP contribution in [0.2, 0.25) is 0 Å². The molecule has 0 atom stereocenters. The molecule has 0 spiro atoms. The molecule has 0 heterocycles. The lowest BCUT2D eigenvalue weighted by molar-refractivity contribution is 1.21. The average Bonchev–Trinajstić information content (AvgIpc) is 2.90. The molecule has 0 bridgehead atoms. The molecule has 34 heavy (non-hydrogen) atoms. The molecule has 0 amide bonds. The Bertz CT molecular complexity index is 1340. The third-order valence-electron chi connectivity index (χ3n) is 6.13. The molecule has 0 aliphatic carbocycles. The van der Waals surface area contributed by atoms with Gasteiger partial charge in [-0.05, 0) is 84.3 Å². The van der Waals surface area contributed by atoms with E-state index in [-0.39, 0.29) is 0 Å². The Morgan fingerprint density at radius 2 is 0.853 bits per heavy atom. The van der Waals surface area contributed by atoms with Crippen LogP contribution < -0.4 is 9.80 Å². The fourth-order valence-electron chi connectivity index (χ4n) is 4.27. The van der Waals surface area contributed by atoms with E-state index in [1.54, 1.807) is 0 Å². The van der Waals surface area contributed by atoms with Crippen molar-refractivity contribution in [1.82, 2.24) is 0 Å². The van der Waals surface area contributed by atoms with Crippen LogP contribution >= 0.6 is 0 Å². The number of hydrogen-bond donors (Lipinski definition) is 0. The van der Waals surface area contributed by atoms with Gasteiger partial charge in [-0.2, -0.15) is 0 Å². The van der Waals surface area contributed by atoms with Crippen LogP contribution in [-0.4, -0.2) is 7.05 Å². The summed E-state index contributed by atoms with van der Waals surface area (Å²) < 4.78 is 0. The van der Waals surface area contributed by atoms with Gasteiger partial charge in [0.2, 0.25) is 0 Å². The fourth-order valence-corrected chi connectivity index (χ4v) is 4.27. The minimum absolute atomic E-state index is 1.14. The number of anilines is 5. The van der Waals surface area contributed by atoms with Crippen molar-refractivity contribution < 1.29 is 0 Å². The van der Waals surface area contributed by atoms with Crippen molar-refractivity contribution in [3.05, 3.63) is 139 Å². The molecule has 0 aliphatic heterocycles. The highest BCUT2D eigenvalue weighted by atomic mass is 15.1. The summed E-state index contributed by atoms with van der Waals surface area (Å²) in [5, 5.41) is 0. The predicted molar refractivity (Wildman–Crippen MR) is 146 cm³/mol. The van der Waals surface area contributed by atoms with Crippen LogP contribution in [0.1, 0.15) is 5.56 Å². The third kappa shape index (κ3) is 4.57. The standard InChI is InChI=1S/C32H28N2/c1-25-10-9-15-32(24-25)34(30-13-7-4-8-14-30)31-22-18-27(19-23-31)26-16-20-29(21-17-26)33(2)28-11-5-3-6-12-28/h3-24H,1-2H3. The van der Waals surface area contributed by atoms with E-state index in [4.69, 9.17) is 0 Å². The summed E-state index contributed by atoms with van der Waals surface area (Å²) in [6.45, 7) is 2.13. The smallest absolute Gasteiger partial charge is 0.0464 e. The summed E-state index contributed by atoms with van der Waals surface area (Å²) in [4.78, 5) is 4.50. The van der Waals surface area contributed by atoms with E-state index in [1.165, 1.54) is 28.1 Å². The van der Waals surface area contributed by atoms with Crippen molar-refractivity contribution in [2.75, 3.05) is 16.8 Å². The maximum atomic E-state index is 2.30. The zero-order valence-corrected chi connectivity index (χ0v) is 19.6. The van der Waals surface area contributed by atoms with Gasteiger partial charge in [0.25, 0.3) is 0 Å². The first kappa shape index (κ1) is 21.5. The Labute approximate surface area is 202 Å². The quantitative estimate of drug-likeness (QED) is 0.260. The van der Waals surface area contributed by atoms with Crippen molar-refractivity contribution in [2.24, 2.45) is 0 Å². The summed E-state index contributed by atoms with van der Waals surface area (Å²) >= 11 is 0. The lowest BCUT2D eigenvalue weighted by atomic mass is 10.0. The zero-order chi connectivity index (χ0) is 23.3. The van der Waals surface area contributed by atoms with E-state index < -0.39 is 0 Å². The Morgan fingerprint density at radius 3 is 1.41 bits per heavy atom. The van der Waals surface area contributed by atoms with Gasteiger partial charge < -0.3 is 9.80 Å². The minimum atomic E-state index is 1.14. The predicted octanol–water partition coefficient (Wildman–Crippen LogP) is 8.90. The minimum Gasteiger partial charge on any atom is -0.345 e. The Hall–Kier alpha value is -4.30. The van der Waals surface area contributed by atoms with E-state index in [0.29, 0.717) is 0 Å². The SMILES string of the molecule is Cc1cccc(N(c2ccccc2)c2ccc(-c3ccc(N(C)c4ccccc4)cc3)cc2)c1. The van der Waals surface area contributed by atoms with E-state index in [2.05, 4.69) is 151 Å². The van der Waals surface area contributed by atoms with E-state index in [1.807, 2.05) is 6.07 Å². The molecule has 0 unspecified atom stereocenters. The highest BCUT2D eigenvalue weighted by Gasteiger charge is 2.12. The van der Waals surface area contributed by atoms with E-state index >= 15 is 0 Å². The summed E-state index contributed by atoms with van der Waals surface area (Å²) in [5.74, 6) is 0. The van der Waals surface area contributed by atoms with Crippen LogP contribution in [0.3, 0.4) is 0 Å². The summed E-state index contributed by atoms with van der Waals surface area (Å²) in [7, 11) is 2.10. The van der Waals surface area contributed by atoms with Gasteiger partial charge in [-0.15, -0.1) is 0 Å². The molecular weight excluding hydrogens is 412 g/mol. The van der Waals surface area contributed by atoms with E-state index in [0.717, 1.165) is 17.1 Å². The molecular formula is C32H28N2. The van der Waals surface area contributed by atoms with Crippen LogP contribution in [0.4, 0.5) is 28.4 Å². The van der Waals surface area contributed by atoms with Gasteiger partial charge in [0.15, 0.2) is 0 Å². The number of para-hydroxylation sites is 2. The first-order valence-corrected chi connectivity index (χ1v) is 11.6. The normalized spacial score (nSPS) is 10.6. The van der Waals surface area contributed by atoms with Crippen molar-refractivity contribution in [3.63, 3.8) is 0 Å². The first-order valence-electron chi connectivity index (χ1n) is 11.6. The second-order valence-electron chi connectivity index (χ2n) is 8.50. The lowest BCUT2D eigenvalue weighted by Gasteiger charge is -2.26. The number of benzene rings is 5. The molecule has 2 nitrogen and oxygen atoms in total. The molecule has 5 aromatic carbocycles. The molecule has 0 saturated carbocycles. The number of rotatable bonds is 6. The fraction of sp³-hybridized carbons (Fsp3) is 0.0625. The average molecular weight is 441 g/mol. The highest BCUT2D eigenvalue weighted by molar-refractivity contribution is 5.79. The third-order valence-corrected chi connectivity index (χ3v) is 6.13. The summed E-state index contributed by atoms with van der Waals surface area (Å²) in [6, 6.07) is 47.2. The maximum Gasteiger partial charge on any atom is 0.0464 e. The highest BCUT2D eigenvalue weighted by Crippen LogP contribution is 2.36. The van der Waals surface area contributed by atoms with Crippen LogP contribution in [-0.2, 0) is 0 Å². The monoisotopic (exact) mass is 440 g/mol. The topological polar surface area (TPSA) is 6.48 Å². The second-order valence-corrected chi connectivity index (χ2v) is 8.50. The molecule has 5 aromatic rings. The van der Waals surface area contributed by atoms with Gasteiger partial charge in [0.1, 0.15) is 0 Å². The van der Waals surface area contributed by atoms with Crippen molar-refractivity contribution in [3.8, 4) is 11.1 Å². The molecule has 0 aromatic heterocycles. The molecule has 166 valence electrons. The Morgan fingerprint density at radius 1 is 0.412 bits per heavy atom. The Balaban J connectivity index is 1.43. The summed E-state index contributed by atoms with van der Waals surface area (Å²) in [6.07, 6.45) is 0. The van der Waals surface area contributed by atoms with Crippen LogP contribution in [0, 0.1) is 6.92 Å². The van der Waals surface area contributed by atoms with Crippen LogP contribution in [0.25, 0.3) is 11.1 Å². The van der Waals surface area contributed by atoms with Gasteiger partial charge in [-0.1, -0.05) is 72.8 Å². The zero-order valence-electron chi connectivity index (χ0n) is 19.6. The van der Waals surface area contributed by atoms with Crippen molar-refractivity contribution >= 4 is 28.4 Å². The van der Waals surface area contributed by atoms with Gasteiger partial charge in [-0.25, -0.2) is 0 Å². The number of aryl methyl sites for hydroxylation is 1. The van der Waals surface area contributed by atoms with Crippen molar-refractivity contribution in [2.45, 2.75) is 6.92 Å². The van der Waals surface area contributed by atoms with Crippen LogP contribution in [0.5, 0.6) is 0 Å². The number of hydrogen-bond acceptors (Lipinski definition) is 2. The first-order chi connectivity index (χ1) is 16.7. The molecule has 0 radical (unpaired) electrons. The van der Waals surface area contributed by atoms with E-state index in [9.17, 15) is 0 Å². The molecule has 0 fully saturated rings. The molecule has 0 aliphatic rings. The largest absolute Gasteiger partial charge is 0.345 e.